The molecule has 2 aromatic heterocycles. The molecule has 0 aliphatic rings. The number of hydrogen-bond donors (Lipinski definition) is 2. The van der Waals surface area contributed by atoms with Gasteiger partial charge in [0.2, 0.25) is 0 Å². The van der Waals surface area contributed by atoms with Gasteiger partial charge in [0.15, 0.2) is 0 Å². The smallest absolute Gasteiger partial charge is 0.337 e. The number of H-pyrrole nitrogens is 1. The zero-order valence-corrected chi connectivity index (χ0v) is 10.5. The first-order valence-electron chi connectivity index (χ1n) is 5.49. The molecule has 7 heteroatoms. The molecule has 0 bridgehead atoms. The molecule has 0 saturated heterocycles. The molecule has 3 aromatic rings. The lowest BCUT2D eigenvalue weighted by atomic mass is 10.2. The third-order valence-electron chi connectivity index (χ3n) is 2.79. The molecule has 0 aliphatic carbocycles. The fourth-order valence-electron chi connectivity index (χ4n) is 1.96. The fourth-order valence-corrected chi connectivity index (χ4v) is 2.53. The number of rotatable bonds is 3. The van der Waals surface area contributed by atoms with Crippen molar-refractivity contribution in [3.63, 3.8) is 0 Å². The highest BCUT2D eigenvalue weighted by molar-refractivity contribution is 7.07. The van der Waals surface area contributed by atoms with Gasteiger partial charge in [-0.1, -0.05) is 17.4 Å². The predicted molar refractivity (Wildman–Crippen MR) is 70.7 cm³/mol. The van der Waals surface area contributed by atoms with Crippen LogP contribution in [0.2, 0.25) is 0 Å². The number of aromatic carboxylic acids is 1. The second kappa shape index (κ2) is 4.36. The second-order valence-electron chi connectivity index (χ2n) is 4.02. The number of carboxylic acids is 1. The van der Waals surface area contributed by atoms with Gasteiger partial charge in [-0.15, -0.1) is 0 Å². The van der Waals surface area contributed by atoms with E-state index in [1.165, 1.54) is 6.07 Å². The minimum absolute atomic E-state index is 0.106. The topological polar surface area (TPSA) is 88.0 Å². The number of para-hydroxylation sites is 1. The molecule has 0 aliphatic heterocycles. The summed E-state index contributed by atoms with van der Waals surface area (Å²) >= 11 is 1.10. The highest BCUT2D eigenvalue weighted by Crippen LogP contribution is 2.18. The maximum atomic E-state index is 11.1. The number of thiazole rings is 1. The van der Waals surface area contributed by atoms with Crippen LogP contribution in [0.5, 0.6) is 0 Å². The van der Waals surface area contributed by atoms with Crippen molar-refractivity contribution in [2.24, 2.45) is 0 Å². The Hall–Kier alpha value is -2.41. The Morgan fingerprint density at radius 3 is 3.00 bits per heavy atom. The summed E-state index contributed by atoms with van der Waals surface area (Å²) < 4.78 is 1.81. The van der Waals surface area contributed by atoms with Crippen LogP contribution in [0.4, 0.5) is 0 Å². The molecular formula is C12H9N3O3S. The summed E-state index contributed by atoms with van der Waals surface area (Å²) in [5.41, 5.74) is 2.13. The Morgan fingerprint density at radius 2 is 2.32 bits per heavy atom. The van der Waals surface area contributed by atoms with Crippen LogP contribution in [0.1, 0.15) is 16.1 Å². The standard InChI is InChI=1S/C12H9N3O3S/c16-11(17)8-2-1-3-9-10(8)13-6-15(9)4-7-5-19-12(18)14-7/h1-3,5-6H,4H2,(H,14,18)(H,16,17). The van der Waals surface area contributed by atoms with Crippen molar-refractivity contribution >= 4 is 28.3 Å². The second-order valence-corrected chi connectivity index (χ2v) is 4.87. The van der Waals surface area contributed by atoms with Gasteiger partial charge in [0.05, 0.1) is 24.0 Å². The molecule has 2 heterocycles. The first-order chi connectivity index (χ1) is 9.15. The molecule has 19 heavy (non-hydrogen) atoms. The van der Waals surface area contributed by atoms with Crippen molar-refractivity contribution in [2.45, 2.75) is 6.54 Å². The SMILES string of the molecule is O=C(O)c1cccc2c1ncn2Cc1csc(=O)[nH]1. The summed E-state index contributed by atoms with van der Waals surface area (Å²) in [6, 6.07) is 5.01. The van der Waals surface area contributed by atoms with Crippen LogP contribution in [-0.2, 0) is 6.54 Å². The summed E-state index contributed by atoms with van der Waals surface area (Å²) in [7, 11) is 0. The van der Waals surface area contributed by atoms with Crippen LogP contribution >= 0.6 is 11.3 Å². The molecule has 3 rings (SSSR count). The third kappa shape index (κ3) is 2.04. The lowest BCUT2D eigenvalue weighted by Crippen LogP contribution is -2.02. The molecule has 2 N–H and O–H groups in total. The maximum Gasteiger partial charge on any atom is 0.337 e. The summed E-state index contributed by atoms with van der Waals surface area (Å²) in [5, 5.41) is 10.8. The normalized spacial score (nSPS) is 10.9. The number of carboxylic acid groups (broad SMARTS) is 1. The number of fused-ring (bicyclic) bond motifs is 1. The average molecular weight is 275 g/mol. The number of aromatic nitrogens is 3. The van der Waals surface area contributed by atoms with E-state index in [9.17, 15) is 9.59 Å². The van der Waals surface area contributed by atoms with E-state index in [-0.39, 0.29) is 10.4 Å². The summed E-state index contributed by atoms with van der Waals surface area (Å²) in [6.45, 7) is 0.457. The predicted octanol–water partition coefficient (Wildman–Crippen LogP) is 1.53. The Morgan fingerprint density at radius 1 is 1.47 bits per heavy atom. The van der Waals surface area contributed by atoms with E-state index >= 15 is 0 Å². The summed E-state index contributed by atoms with van der Waals surface area (Å²) in [5.74, 6) is -1.00. The Kier molecular flexibility index (Phi) is 2.68. The number of carbonyl (C=O) groups is 1. The third-order valence-corrected chi connectivity index (χ3v) is 3.51. The molecule has 6 nitrogen and oxygen atoms in total. The first kappa shape index (κ1) is 11.7. The largest absolute Gasteiger partial charge is 0.478 e. The molecule has 0 saturated carbocycles. The number of nitrogens with zero attached hydrogens (tertiary/aromatic N) is 2. The fraction of sp³-hybridized carbons (Fsp3) is 0.0833. The van der Waals surface area contributed by atoms with Gasteiger partial charge in [0.1, 0.15) is 5.52 Å². The van der Waals surface area contributed by atoms with E-state index in [1.54, 1.807) is 28.4 Å². The Balaban J connectivity index is 2.08. The number of benzene rings is 1. The summed E-state index contributed by atoms with van der Waals surface area (Å²) in [4.78, 5) is 28.9. The number of aromatic amines is 1. The van der Waals surface area contributed by atoms with E-state index in [0.29, 0.717) is 12.1 Å². The van der Waals surface area contributed by atoms with Gasteiger partial charge >= 0.3 is 10.8 Å². The quantitative estimate of drug-likeness (QED) is 0.758. The molecule has 1 aromatic carbocycles. The van der Waals surface area contributed by atoms with Gasteiger partial charge < -0.3 is 14.7 Å². The zero-order valence-electron chi connectivity index (χ0n) is 9.66. The number of hydrogen-bond acceptors (Lipinski definition) is 4. The van der Waals surface area contributed by atoms with E-state index in [0.717, 1.165) is 22.5 Å². The Labute approximate surface area is 111 Å². The zero-order chi connectivity index (χ0) is 13.4. The van der Waals surface area contributed by atoms with Crippen LogP contribution in [0.15, 0.2) is 34.7 Å². The van der Waals surface area contributed by atoms with E-state index in [2.05, 4.69) is 9.97 Å². The van der Waals surface area contributed by atoms with Gasteiger partial charge in [-0.3, -0.25) is 4.79 Å². The van der Waals surface area contributed by atoms with Crippen LogP contribution in [-0.4, -0.2) is 25.6 Å². The molecule has 0 atom stereocenters. The maximum absolute atomic E-state index is 11.1. The molecule has 0 unspecified atom stereocenters. The molecule has 0 fully saturated rings. The van der Waals surface area contributed by atoms with Crippen LogP contribution < -0.4 is 4.87 Å². The van der Waals surface area contributed by atoms with Gasteiger partial charge in [-0.05, 0) is 12.1 Å². The van der Waals surface area contributed by atoms with Crippen LogP contribution in [0, 0.1) is 0 Å². The van der Waals surface area contributed by atoms with Crippen LogP contribution in [0.3, 0.4) is 0 Å². The minimum atomic E-state index is -1.00. The molecule has 96 valence electrons. The lowest BCUT2D eigenvalue weighted by molar-refractivity contribution is 0.0699. The molecular weight excluding hydrogens is 266 g/mol. The molecule has 0 amide bonds. The molecule has 0 radical (unpaired) electrons. The average Bonchev–Trinajstić information content (AvgIpc) is 2.97. The minimum Gasteiger partial charge on any atom is -0.478 e. The van der Waals surface area contributed by atoms with Crippen molar-refractivity contribution in [3.8, 4) is 0 Å². The number of nitrogens with one attached hydrogen (secondary N) is 1. The van der Waals surface area contributed by atoms with Crippen molar-refractivity contribution < 1.29 is 9.90 Å². The van der Waals surface area contributed by atoms with Gasteiger partial charge in [0.25, 0.3) is 0 Å². The molecule has 0 spiro atoms. The first-order valence-corrected chi connectivity index (χ1v) is 6.37. The summed E-state index contributed by atoms with van der Waals surface area (Å²) in [6.07, 6.45) is 1.58. The highest BCUT2D eigenvalue weighted by Gasteiger charge is 2.12. The van der Waals surface area contributed by atoms with E-state index in [1.807, 2.05) is 0 Å². The van der Waals surface area contributed by atoms with Gasteiger partial charge in [-0.2, -0.15) is 0 Å². The monoisotopic (exact) mass is 275 g/mol. The van der Waals surface area contributed by atoms with Gasteiger partial charge in [0, 0.05) is 11.1 Å². The van der Waals surface area contributed by atoms with Crippen molar-refractivity contribution in [2.75, 3.05) is 0 Å². The van der Waals surface area contributed by atoms with E-state index < -0.39 is 5.97 Å². The van der Waals surface area contributed by atoms with Crippen LogP contribution in [0.25, 0.3) is 11.0 Å². The highest BCUT2D eigenvalue weighted by atomic mass is 32.1. The lowest BCUT2D eigenvalue weighted by Gasteiger charge is -2.02. The van der Waals surface area contributed by atoms with Gasteiger partial charge in [-0.25, -0.2) is 9.78 Å². The van der Waals surface area contributed by atoms with Crippen molar-refractivity contribution in [3.05, 3.63) is 50.8 Å². The van der Waals surface area contributed by atoms with E-state index in [4.69, 9.17) is 5.11 Å². The van der Waals surface area contributed by atoms with Crippen molar-refractivity contribution in [1.82, 2.24) is 14.5 Å². The Bertz CT molecular complexity index is 815. The number of imidazole rings is 1. The van der Waals surface area contributed by atoms with Crippen molar-refractivity contribution in [1.29, 1.82) is 0 Å².